The molecule has 1 amide bonds. The minimum absolute atomic E-state index is 0.131. The number of likely N-dealkylation sites (tertiary alicyclic amines) is 1. The van der Waals surface area contributed by atoms with Crippen molar-refractivity contribution in [3.8, 4) is 0 Å². The summed E-state index contributed by atoms with van der Waals surface area (Å²) in [7, 11) is 0. The Hall–Kier alpha value is -2.14. The van der Waals surface area contributed by atoms with E-state index >= 15 is 0 Å². The second-order valence-electron chi connectivity index (χ2n) is 6.82. The summed E-state index contributed by atoms with van der Waals surface area (Å²) < 4.78 is 1.80. The maximum absolute atomic E-state index is 12.1. The molecule has 1 N–H and O–H groups in total. The highest BCUT2D eigenvalue weighted by Crippen LogP contribution is 2.12. The summed E-state index contributed by atoms with van der Waals surface area (Å²) in [4.78, 5) is 14.6. The molecule has 134 valence electrons. The predicted octanol–water partition coefficient (Wildman–Crippen LogP) is 2.49. The molecule has 1 atom stereocenters. The highest BCUT2D eigenvalue weighted by Gasteiger charge is 2.20. The van der Waals surface area contributed by atoms with Crippen molar-refractivity contribution in [2.45, 2.75) is 44.7 Å². The van der Waals surface area contributed by atoms with Crippen LogP contribution in [-0.2, 0) is 17.8 Å². The molecule has 1 aliphatic heterocycles. The predicted molar refractivity (Wildman–Crippen MR) is 99.2 cm³/mol. The largest absolute Gasteiger partial charge is 0.352 e. The van der Waals surface area contributed by atoms with Gasteiger partial charge in [0.2, 0.25) is 5.91 Å². The average Bonchev–Trinajstić information content (AvgIpc) is 3.15. The zero-order chi connectivity index (χ0) is 17.3. The Bertz CT molecular complexity index is 626. The quantitative estimate of drug-likeness (QED) is 0.803. The van der Waals surface area contributed by atoms with Crippen LogP contribution in [0.2, 0.25) is 0 Å². The zero-order valence-electron chi connectivity index (χ0n) is 14.8. The highest BCUT2D eigenvalue weighted by molar-refractivity contribution is 5.76. The molecule has 2 aromatic rings. The lowest BCUT2D eigenvalue weighted by atomic mass is 10.0. The van der Waals surface area contributed by atoms with Gasteiger partial charge in [0.05, 0.1) is 0 Å². The molecule has 0 bridgehead atoms. The standard InChI is InChI=1S/C20H28N4O/c25-20(11-16-24-15-6-12-21-24)22-19-10-5-14-23(17-19)13-4-9-18-7-2-1-3-8-18/h1-3,6-8,12,15,19H,4-5,9-11,13-14,16-17H2,(H,22,25)/t19-/m0/s1. The van der Waals surface area contributed by atoms with E-state index in [1.165, 1.54) is 12.0 Å². The van der Waals surface area contributed by atoms with Crippen molar-refractivity contribution in [2.24, 2.45) is 0 Å². The number of nitrogens with one attached hydrogen (secondary N) is 1. The first-order valence-corrected chi connectivity index (χ1v) is 9.33. The first-order chi connectivity index (χ1) is 12.3. The lowest BCUT2D eigenvalue weighted by Gasteiger charge is -2.33. The Labute approximate surface area is 150 Å². The summed E-state index contributed by atoms with van der Waals surface area (Å²) in [5, 5.41) is 7.33. The lowest BCUT2D eigenvalue weighted by Crippen LogP contribution is -2.48. The Balaban J connectivity index is 1.35. The number of nitrogens with zero attached hydrogens (tertiary/aromatic N) is 3. The third kappa shape index (κ3) is 6.02. The number of aromatic nitrogens is 2. The fourth-order valence-corrected chi connectivity index (χ4v) is 3.48. The maximum atomic E-state index is 12.1. The van der Waals surface area contributed by atoms with Crippen molar-refractivity contribution < 1.29 is 4.79 Å². The number of rotatable bonds is 8. The summed E-state index contributed by atoms with van der Waals surface area (Å²) in [5.74, 6) is 0.131. The number of aryl methyl sites for hydroxylation is 2. The first kappa shape index (κ1) is 17.7. The van der Waals surface area contributed by atoms with Crippen LogP contribution in [0.15, 0.2) is 48.8 Å². The normalized spacial score (nSPS) is 18.2. The van der Waals surface area contributed by atoms with E-state index in [0.717, 1.165) is 38.9 Å². The van der Waals surface area contributed by atoms with Crippen molar-refractivity contribution in [1.29, 1.82) is 0 Å². The molecule has 25 heavy (non-hydrogen) atoms. The Morgan fingerprint density at radius 3 is 2.88 bits per heavy atom. The molecule has 0 aliphatic carbocycles. The van der Waals surface area contributed by atoms with Gasteiger partial charge in [0, 0.05) is 37.9 Å². The smallest absolute Gasteiger partial charge is 0.222 e. The van der Waals surface area contributed by atoms with Gasteiger partial charge in [-0.15, -0.1) is 0 Å². The minimum atomic E-state index is 0.131. The fraction of sp³-hybridized carbons (Fsp3) is 0.500. The number of carbonyl (C=O) groups is 1. The van der Waals surface area contributed by atoms with E-state index in [4.69, 9.17) is 0 Å². The van der Waals surface area contributed by atoms with Crippen LogP contribution in [-0.4, -0.2) is 46.3 Å². The monoisotopic (exact) mass is 340 g/mol. The van der Waals surface area contributed by atoms with Crippen molar-refractivity contribution in [2.75, 3.05) is 19.6 Å². The van der Waals surface area contributed by atoms with E-state index in [9.17, 15) is 4.79 Å². The van der Waals surface area contributed by atoms with Gasteiger partial charge >= 0.3 is 0 Å². The van der Waals surface area contributed by atoms with Crippen molar-refractivity contribution in [1.82, 2.24) is 20.0 Å². The van der Waals surface area contributed by atoms with Gasteiger partial charge in [-0.3, -0.25) is 9.48 Å². The number of hydrogen-bond donors (Lipinski definition) is 1. The lowest BCUT2D eigenvalue weighted by molar-refractivity contribution is -0.122. The van der Waals surface area contributed by atoms with Crippen LogP contribution in [0.5, 0.6) is 0 Å². The molecule has 1 saturated heterocycles. The molecule has 5 nitrogen and oxygen atoms in total. The third-order valence-corrected chi connectivity index (χ3v) is 4.78. The van der Waals surface area contributed by atoms with E-state index < -0.39 is 0 Å². The average molecular weight is 340 g/mol. The third-order valence-electron chi connectivity index (χ3n) is 4.78. The van der Waals surface area contributed by atoms with Gasteiger partial charge in [0.25, 0.3) is 0 Å². The molecule has 0 radical (unpaired) electrons. The highest BCUT2D eigenvalue weighted by atomic mass is 16.1. The Morgan fingerprint density at radius 1 is 1.20 bits per heavy atom. The molecule has 1 aromatic carbocycles. The van der Waals surface area contributed by atoms with E-state index in [1.54, 1.807) is 10.9 Å². The molecule has 1 aliphatic rings. The number of benzene rings is 1. The van der Waals surface area contributed by atoms with Crippen LogP contribution >= 0.6 is 0 Å². The molecule has 2 heterocycles. The fourth-order valence-electron chi connectivity index (χ4n) is 3.48. The SMILES string of the molecule is O=C(CCn1cccn1)N[C@H]1CCCN(CCCc2ccccc2)C1. The molecular weight excluding hydrogens is 312 g/mol. The van der Waals surface area contributed by atoms with Gasteiger partial charge < -0.3 is 10.2 Å². The molecule has 0 spiro atoms. The van der Waals surface area contributed by atoms with Crippen LogP contribution in [0.3, 0.4) is 0 Å². The number of amides is 1. The van der Waals surface area contributed by atoms with Crippen LogP contribution in [0.25, 0.3) is 0 Å². The van der Waals surface area contributed by atoms with Gasteiger partial charge in [-0.1, -0.05) is 30.3 Å². The van der Waals surface area contributed by atoms with Gasteiger partial charge in [0.15, 0.2) is 0 Å². The summed E-state index contributed by atoms with van der Waals surface area (Å²) in [6, 6.07) is 12.8. The Morgan fingerprint density at radius 2 is 2.08 bits per heavy atom. The Kier molecular flexibility index (Phi) is 6.63. The zero-order valence-corrected chi connectivity index (χ0v) is 14.8. The van der Waals surface area contributed by atoms with Crippen LogP contribution in [0.1, 0.15) is 31.2 Å². The van der Waals surface area contributed by atoms with Gasteiger partial charge in [0.1, 0.15) is 0 Å². The maximum Gasteiger partial charge on any atom is 0.222 e. The molecule has 5 heteroatoms. The molecule has 0 unspecified atom stereocenters. The summed E-state index contributed by atoms with van der Waals surface area (Å²) in [6.07, 6.45) is 8.67. The van der Waals surface area contributed by atoms with Gasteiger partial charge in [-0.2, -0.15) is 5.10 Å². The van der Waals surface area contributed by atoms with Crippen molar-refractivity contribution in [3.05, 3.63) is 54.4 Å². The van der Waals surface area contributed by atoms with Crippen molar-refractivity contribution in [3.63, 3.8) is 0 Å². The summed E-state index contributed by atoms with van der Waals surface area (Å²) in [5.41, 5.74) is 1.41. The molecule has 0 saturated carbocycles. The number of carbonyl (C=O) groups excluding carboxylic acids is 1. The molecule has 3 rings (SSSR count). The van der Waals surface area contributed by atoms with Crippen LogP contribution in [0.4, 0.5) is 0 Å². The second kappa shape index (κ2) is 9.37. The van der Waals surface area contributed by atoms with Gasteiger partial charge in [-0.05, 0) is 50.4 Å². The second-order valence-corrected chi connectivity index (χ2v) is 6.82. The summed E-state index contributed by atoms with van der Waals surface area (Å²) >= 11 is 0. The number of piperidine rings is 1. The molecular formula is C20H28N4O. The van der Waals surface area contributed by atoms with E-state index in [2.05, 4.69) is 45.6 Å². The minimum Gasteiger partial charge on any atom is -0.352 e. The number of hydrogen-bond acceptors (Lipinski definition) is 3. The molecule has 1 fully saturated rings. The molecule has 1 aromatic heterocycles. The topological polar surface area (TPSA) is 50.2 Å². The van der Waals surface area contributed by atoms with Crippen LogP contribution in [0, 0.1) is 0 Å². The summed E-state index contributed by atoms with van der Waals surface area (Å²) in [6.45, 7) is 3.87. The van der Waals surface area contributed by atoms with Crippen molar-refractivity contribution >= 4 is 5.91 Å². The van der Waals surface area contributed by atoms with Gasteiger partial charge in [-0.25, -0.2) is 0 Å². The van der Waals surface area contributed by atoms with E-state index in [1.807, 2.05) is 12.3 Å². The van der Waals surface area contributed by atoms with E-state index in [-0.39, 0.29) is 11.9 Å². The van der Waals surface area contributed by atoms with Crippen LogP contribution < -0.4 is 5.32 Å². The first-order valence-electron chi connectivity index (χ1n) is 9.33. The van der Waals surface area contributed by atoms with E-state index in [0.29, 0.717) is 13.0 Å².